The van der Waals surface area contributed by atoms with Crippen LogP contribution in [0.3, 0.4) is 0 Å². The van der Waals surface area contributed by atoms with Gasteiger partial charge in [-0.05, 0) is 36.4 Å². The summed E-state index contributed by atoms with van der Waals surface area (Å²) in [5.74, 6) is -0.532. The van der Waals surface area contributed by atoms with Gasteiger partial charge in [0.15, 0.2) is 0 Å². The number of carbonyl (C=O) groups is 1. The first-order valence-corrected chi connectivity index (χ1v) is 6.80. The quantitative estimate of drug-likeness (QED) is 0.777. The monoisotopic (exact) mass is 302 g/mol. The van der Waals surface area contributed by atoms with Gasteiger partial charge in [0.2, 0.25) is 5.91 Å². The molecule has 0 fully saturated rings. The fraction of sp³-hybridized carbons (Fsp3) is 0.0625. The van der Waals surface area contributed by atoms with Crippen LogP contribution in [0.15, 0.2) is 54.7 Å². The average Bonchev–Trinajstić information content (AvgIpc) is 2.86. The molecular formula is C16H12ClFN2O. The lowest BCUT2D eigenvalue weighted by atomic mass is 10.2. The highest BCUT2D eigenvalue weighted by Gasteiger charge is 2.09. The Morgan fingerprint density at radius 3 is 2.67 bits per heavy atom. The van der Waals surface area contributed by atoms with Crippen molar-refractivity contribution in [2.75, 3.05) is 5.32 Å². The minimum atomic E-state index is -0.337. The van der Waals surface area contributed by atoms with Crippen LogP contribution >= 0.6 is 11.6 Å². The van der Waals surface area contributed by atoms with E-state index in [4.69, 9.17) is 11.6 Å². The number of rotatable bonds is 3. The number of benzene rings is 2. The predicted octanol–water partition coefficient (Wildman–Crippen LogP) is 4.07. The van der Waals surface area contributed by atoms with Gasteiger partial charge in [0.25, 0.3) is 0 Å². The molecule has 0 atom stereocenters. The summed E-state index contributed by atoms with van der Waals surface area (Å²) in [6.07, 6.45) is 1.82. The van der Waals surface area contributed by atoms with Gasteiger partial charge in [-0.15, -0.1) is 0 Å². The summed E-state index contributed by atoms with van der Waals surface area (Å²) in [5.41, 5.74) is 1.39. The molecule has 21 heavy (non-hydrogen) atoms. The summed E-state index contributed by atoms with van der Waals surface area (Å²) < 4.78 is 14.6. The van der Waals surface area contributed by atoms with E-state index in [9.17, 15) is 9.18 Å². The maximum Gasteiger partial charge on any atom is 0.244 e. The van der Waals surface area contributed by atoms with E-state index in [2.05, 4.69) is 5.32 Å². The Bertz CT molecular complexity index is 796. The minimum absolute atomic E-state index is 0.143. The number of aromatic nitrogens is 1. The van der Waals surface area contributed by atoms with Crippen LogP contribution in [-0.4, -0.2) is 10.5 Å². The molecule has 0 unspecified atom stereocenters. The SMILES string of the molecule is O=C(Cn1ccc2cccc(Cl)c21)Nc1ccc(F)cc1. The number of hydrogen-bond donors (Lipinski definition) is 1. The van der Waals surface area contributed by atoms with Crippen molar-refractivity contribution >= 4 is 34.1 Å². The van der Waals surface area contributed by atoms with Crippen LogP contribution in [-0.2, 0) is 11.3 Å². The molecule has 0 aliphatic carbocycles. The van der Waals surface area contributed by atoms with Gasteiger partial charge < -0.3 is 9.88 Å². The molecule has 3 nitrogen and oxygen atoms in total. The largest absolute Gasteiger partial charge is 0.337 e. The second kappa shape index (κ2) is 5.58. The van der Waals surface area contributed by atoms with Crippen molar-refractivity contribution in [3.63, 3.8) is 0 Å². The third kappa shape index (κ3) is 2.90. The van der Waals surface area contributed by atoms with Gasteiger partial charge in [-0.3, -0.25) is 4.79 Å². The lowest BCUT2D eigenvalue weighted by Crippen LogP contribution is -2.18. The molecule has 1 heterocycles. The van der Waals surface area contributed by atoms with E-state index in [1.54, 1.807) is 10.6 Å². The summed E-state index contributed by atoms with van der Waals surface area (Å²) in [7, 11) is 0. The lowest BCUT2D eigenvalue weighted by Gasteiger charge is -2.08. The number of para-hydroxylation sites is 1. The number of fused-ring (bicyclic) bond motifs is 1. The summed E-state index contributed by atoms with van der Waals surface area (Å²) in [5, 5.41) is 4.31. The van der Waals surface area contributed by atoms with Crippen LogP contribution in [0.2, 0.25) is 5.02 Å². The number of amides is 1. The van der Waals surface area contributed by atoms with Gasteiger partial charge in [-0.2, -0.15) is 0 Å². The van der Waals surface area contributed by atoms with E-state index in [1.165, 1.54) is 24.3 Å². The summed E-state index contributed by atoms with van der Waals surface area (Å²) in [4.78, 5) is 12.1. The predicted molar refractivity (Wildman–Crippen MR) is 82.0 cm³/mol. The van der Waals surface area contributed by atoms with E-state index in [0.29, 0.717) is 10.7 Å². The zero-order valence-corrected chi connectivity index (χ0v) is 11.8. The van der Waals surface area contributed by atoms with E-state index in [1.807, 2.05) is 24.4 Å². The molecule has 0 spiro atoms. The lowest BCUT2D eigenvalue weighted by molar-refractivity contribution is -0.116. The third-order valence-corrected chi connectivity index (χ3v) is 3.49. The van der Waals surface area contributed by atoms with Crippen LogP contribution in [0.4, 0.5) is 10.1 Å². The van der Waals surface area contributed by atoms with Gasteiger partial charge in [-0.1, -0.05) is 23.7 Å². The smallest absolute Gasteiger partial charge is 0.244 e. The molecule has 0 aliphatic rings. The number of hydrogen-bond acceptors (Lipinski definition) is 1. The summed E-state index contributed by atoms with van der Waals surface area (Å²) in [6.45, 7) is 0.143. The maximum absolute atomic E-state index is 12.8. The van der Waals surface area contributed by atoms with Crippen molar-refractivity contribution in [3.05, 3.63) is 65.6 Å². The Morgan fingerprint density at radius 2 is 1.90 bits per heavy atom. The van der Waals surface area contributed by atoms with E-state index in [0.717, 1.165) is 10.9 Å². The number of nitrogens with zero attached hydrogens (tertiary/aromatic N) is 1. The second-order valence-electron chi connectivity index (χ2n) is 4.68. The van der Waals surface area contributed by atoms with Crippen LogP contribution in [0.25, 0.3) is 10.9 Å². The highest BCUT2D eigenvalue weighted by atomic mass is 35.5. The Kier molecular flexibility index (Phi) is 3.62. The number of anilines is 1. The molecule has 0 aliphatic heterocycles. The third-order valence-electron chi connectivity index (χ3n) is 3.18. The van der Waals surface area contributed by atoms with Crippen molar-refractivity contribution in [2.24, 2.45) is 0 Å². The van der Waals surface area contributed by atoms with Gasteiger partial charge in [0.05, 0.1) is 10.5 Å². The zero-order valence-electron chi connectivity index (χ0n) is 11.0. The zero-order chi connectivity index (χ0) is 14.8. The topological polar surface area (TPSA) is 34.0 Å². The van der Waals surface area contributed by atoms with Crippen molar-refractivity contribution in [1.82, 2.24) is 4.57 Å². The van der Waals surface area contributed by atoms with Gasteiger partial charge in [0.1, 0.15) is 12.4 Å². The second-order valence-corrected chi connectivity index (χ2v) is 5.08. The molecule has 3 aromatic rings. The van der Waals surface area contributed by atoms with Crippen molar-refractivity contribution in [1.29, 1.82) is 0 Å². The van der Waals surface area contributed by atoms with Crippen molar-refractivity contribution in [2.45, 2.75) is 6.54 Å². The van der Waals surface area contributed by atoms with Crippen LogP contribution < -0.4 is 5.32 Å². The minimum Gasteiger partial charge on any atom is -0.337 e. The maximum atomic E-state index is 12.8. The first kappa shape index (κ1) is 13.6. The Morgan fingerprint density at radius 1 is 1.14 bits per heavy atom. The summed E-state index contributed by atoms with van der Waals surface area (Å²) in [6, 6.07) is 13.2. The molecule has 1 N–H and O–H groups in total. The molecule has 0 bridgehead atoms. The molecule has 0 radical (unpaired) electrons. The standard InChI is InChI=1S/C16H12ClFN2O/c17-14-3-1-2-11-8-9-20(16(11)14)10-15(21)19-13-6-4-12(18)5-7-13/h1-9H,10H2,(H,19,21). The van der Waals surface area contributed by atoms with Gasteiger partial charge in [0, 0.05) is 17.3 Å². The molecule has 5 heteroatoms. The van der Waals surface area contributed by atoms with E-state index >= 15 is 0 Å². The Labute approximate surface area is 125 Å². The molecule has 106 valence electrons. The summed E-state index contributed by atoms with van der Waals surface area (Å²) >= 11 is 6.17. The van der Waals surface area contributed by atoms with E-state index < -0.39 is 0 Å². The first-order chi connectivity index (χ1) is 10.1. The van der Waals surface area contributed by atoms with E-state index in [-0.39, 0.29) is 18.3 Å². The van der Waals surface area contributed by atoms with Crippen molar-refractivity contribution < 1.29 is 9.18 Å². The Balaban J connectivity index is 1.79. The number of carbonyl (C=O) groups excluding carboxylic acids is 1. The molecule has 3 rings (SSSR count). The molecule has 0 saturated carbocycles. The average molecular weight is 303 g/mol. The van der Waals surface area contributed by atoms with Crippen LogP contribution in [0, 0.1) is 5.82 Å². The number of nitrogens with one attached hydrogen (secondary N) is 1. The highest BCUT2D eigenvalue weighted by Crippen LogP contribution is 2.24. The molecule has 2 aromatic carbocycles. The van der Waals surface area contributed by atoms with Crippen molar-refractivity contribution in [3.8, 4) is 0 Å². The van der Waals surface area contributed by atoms with Crippen LogP contribution in [0.5, 0.6) is 0 Å². The fourth-order valence-corrected chi connectivity index (χ4v) is 2.52. The first-order valence-electron chi connectivity index (χ1n) is 6.42. The normalized spacial score (nSPS) is 10.8. The molecule has 1 amide bonds. The Hall–Kier alpha value is -2.33. The molecule has 0 saturated heterocycles. The number of halogens is 2. The van der Waals surface area contributed by atoms with Gasteiger partial charge >= 0.3 is 0 Å². The molecule has 1 aromatic heterocycles. The highest BCUT2D eigenvalue weighted by molar-refractivity contribution is 6.35. The molecular weight excluding hydrogens is 291 g/mol. The fourth-order valence-electron chi connectivity index (χ4n) is 2.23. The van der Waals surface area contributed by atoms with Crippen LogP contribution in [0.1, 0.15) is 0 Å². The van der Waals surface area contributed by atoms with Gasteiger partial charge in [-0.25, -0.2) is 4.39 Å².